The molecule has 18 heavy (non-hydrogen) atoms. The first kappa shape index (κ1) is 12.6. The number of hydrogen-bond acceptors (Lipinski definition) is 1. The van der Waals surface area contributed by atoms with Gasteiger partial charge in [-0.25, -0.2) is 0 Å². The maximum atomic E-state index is 10.6. The van der Waals surface area contributed by atoms with Crippen LogP contribution in [-0.4, -0.2) is 5.11 Å². The Morgan fingerprint density at radius 1 is 1.00 bits per heavy atom. The van der Waals surface area contributed by atoms with E-state index in [1.165, 1.54) is 0 Å². The van der Waals surface area contributed by atoms with Gasteiger partial charge < -0.3 is 5.11 Å². The summed E-state index contributed by atoms with van der Waals surface area (Å²) >= 11 is 0. The Balaban J connectivity index is 2.17. The summed E-state index contributed by atoms with van der Waals surface area (Å²) in [5.41, 5.74) is 2.06. The zero-order chi connectivity index (χ0) is 13.0. The van der Waals surface area contributed by atoms with Crippen molar-refractivity contribution in [2.75, 3.05) is 0 Å². The standard InChI is InChI=1S/C17H18O/c1-14(15-9-5-3-6-10-15)13-17(2,18)16-11-7-4-8-12-16/h3-12,18H,1,13H2,2H3. The highest BCUT2D eigenvalue weighted by Gasteiger charge is 2.23. The van der Waals surface area contributed by atoms with Crippen LogP contribution in [0.4, 0.5) is 0 Å². The normalized spacial score (nSPS) is 13.9. The van der Waals surface area contributed by atoms with E-state index < -0.39 is 5.60 Å². The molecule has 1 atom stereocenters. The van der Waals surface area contributed by atoms with Crippen molar-refractivity contribution < 1.29 is 5.11 Å². The predicted octanol–water partition coefficient (Wildman–Crippen LogP) is 4.00. The van der Waals surface area contributed by atoms with Gasteiger partial charge in [0, 0.05) is 6.42 Å². The van der Waals surface area contributed by atoms with Crippen LogP contribution in [0.25, 0.3) is 5.57 Å². The molecular weight excluding hydrogens is 220 g/mol. The van der Waals surface area contributed by atoms with Gasteiger partial charge in [-0.05, 0) is 23.6 Å². The van der Waals surface area contributed by atoms with Gasteiger partial charge in [-0.15, -0.1) is 0 Å². The van der Waals surface area contributed by atoms with Crippen LogP contribution in [-0.2, 0) is 5.60 Å². The van der Waals surface area contributed by atoms with E-state index in [0.29, 0.717) is 6.42 Å². The highest BCUT2D eigenvalue weighted by atomic mass is 16.3. The van der Waals surface area contributed by atoms with Gasteiger partial charge in [-0.1, -0.05) is 67.2 Å². The second-order valence-electron chi connectivity index (χ2n) is 4.79. The molecule has 2 aromatic rings. The monoisotopic (exact) mass is 238 g/mol. The minimum absolute atomic E-state index is 0.529. The number of hydrogen-bond donors (Lipinski definition) is 1. The van der Waals surface area contributed by atoms with Crippen molar-refractivity contribution in [2.45, 2.75) is 18.9 Å². The lowest BCUT2D eigenvalue weighted by atomic mass is 9.87. The fraction of sp³-hybridized carbons (Fsp3) is 0.176. The van der Waals surface area contributed by atoms with Crippen LogP contribution < -0.4 is 0 Å². The summed E-state index contributed by atoms with van der Waals surface area (Å²) in [5, 5.41) is 10.6. The largest absolute Gasteiger partial charge is 0.385 e. The molecule has 0 amide bonds. The maximum Gasteiger partial charge on any atom is 0.0908 e. The first-order chi connectivity index (χ1) is 8.59. The quantitative estimate of drug-likeness (QED) is 0.853. The van der Waals surface area contributed by atoms with Crippen LogP contribution in [0.2, 0.25) is 0 Å². The number of rotatable bonds is 4. The van der Waals surface area contributed by atoms with E-state index in [1.807, 2.05) is 67.6 Å². The zero-order valence-electron chi connectivity index (χ0n) is 10.6. The molecule has 0 saturated carbocycles. The lowest BCUT2D eigenvalue weighted by molar-refractivity contribution is 0.0631. The highest BCUT2D eigenvalue weighted by Crippen LogP contribution is 2.31. The van der Waals surface area contributed by atoms with E-state index in [-0.39, 0.29) is 0 Å². The Bertz CT molecular complexity index is 512. The SMILES string of the molecule is C=C(CC(C)(O)c1ccccc1)c1ccccc1. The third-order valence-electron chi connectivity index (χ3n) is 3.14. The van der Waals surface area contributed by atoms with Gasteiger partial charge in [0.1, 0.15) is 0 Å². The minimum atomic E-state index is -0.881. The molecule has 1 nitrogen and oxygen atoms in total. The Morgan fingerprint density at radius 3 is 2.06 bits per heavy atom. The second-order valence-corrected chi connectivity index (χ2v) is 4.79. The minimum Gasteiger partial charge on any atom is -0.385 e. The summed E-state index contributed by atoms with van der Waals surface area (Å²) in [6.45, 7) is 5.91. The Hall–Kier alpha value is -1.86. The Morgan fingerprint density at radius 2 is 1.50 bits per heavy atom. The summed E-state index contributed by atoms with van der Waals surface area (Å²) in [4.78, 5) is 0. The van der Waals surface area contributed by atoms with Crippen LogP contribution in [0, 0.1) is 0 Å². The Labute approximate surface area is 108 Å². The molecule has 0 aliphatic carbocycles. The van der Waals surface area contributed by atoms with E-state index in [2.05, 4.69) is 6.58 Å². The van der Waals surface area contributed by atoms with E-state index in [9.17, 15) is 5.11 Å². The molecule has 0 aromatic heterocycles. The summed E-state index contributed by atoms with van der Waals surface area (Å²) in [5.74, 6) is 0. The first-order valence-electron chi connectivity index (χ1n) is 6.11. The van der Waals surface area contributed by atoms with Crippen LogP contribution in [0.3, 0.4) is 0 Å². The summed E-state index contributed by atoms with van der Waals surface area (Å²) < 4.78 is 0. The van der Waals surface area contributed by atoms with Gasteiger partial charge in [0.05, 0.1) is 5.60 Å². The van der Waals surface area contributed by atoms with Crippen molar-refractivity contribution in [3.05, 3.63) is 78.4 Å². The summed E-state index contributed by atoms with van der Waals surface area (Å²) in [6, 6.07) is 19.7. The van der Waals surface area contributed by atoms with Crippen LogP contribution in [0.5, 0.6) is 0 Å². The van der Waals surface area contributed by atoms with Crippen molar-refractivity contribution in [3.63, 3.8) is 0 Å². The van der Waals surface area contributed by atoms with Gasteiger partial charge in [0.25, 0.3) is 0 Å². The van der Waals surface area contributed by atoms with E-state index in [0.717, 1.165) is 16.7 Å². The summed E-state index contributed by atoms with van der Waals surface area (Å²) in [7, 11) is 0. The second kappa shape index (κ2) is 5.19. The smallest absolute Gasteiger partial charge is 0.0908 e. The highest BCUT2D eigenvalue weighted by molar-refractivity contribution is 5.64. The average Bonchev–Trinajstić information content (AvgIpc) is 2.40. The summed E-state index contributed by atoms with van der Waals surface area (Å²) in [6.07, 6.45) is 0.529. The van der Waals surface area contributed by atoms with Crippen LogP contribution in [0.15, 0.2) is 67.2 Å². The fourth-order valence-corrected chi connectivity index (χ4v) is 2.09. The van der Waals surface area contributed by atoms with Crippen molar-refractivity contribution in [1.82, 2.24) is 0 Å². The van der Waals surface area contributed by atoms with Crippen molar-refractivity contribution in [1.29, 1.82) is 0 Å². The van der Waals surface area contributed by atoms with E-state index in [4.69, 9.17) is 0 Å². The van der Waals surface area contributed by atoms with Gasteiger partial charge in [0.15, 0.2) is 0 Å². The van der Waals surface area contributed by atoms with Gasteiger partial charge >= 0.3 is 0 Å². The molecule has 1 N–H and O–H groups in total. The lowest BCUT2D eigenvalue weighted by Gasteiger charge is -2.25. The molecular formula is C17H18O. The molecule has 0 radical (unpaired) electrons. The molecule has 2 aromatic carbocycles. The molecule has 0 fully saturated rings. The molecule has 2 rings (SSSR count). The molecule has 0 saturated heterocycles. The average molecular weight is 238 g/mol. The number of benzene rings is 2. The lowest BCUT2D eigenvalue weighted by Crippen LogP contribution is -2.21. The maximum absolute atomic E-state index is 10.6. The first-order valence-corrected chi connectivity index (χ1v) is 6.11. The zero-order valence-corrected chi connectivity index (χ0v) is 10.6. The third kappa shape index (κ3) is 2.88. The molecule has 0 aliphatic heterocycles. The molecule has 0 spiro atoms. The molecule has 0 heterocycles. The molecule has 0 bridgehead atoms. The molecule has 1 unspecified atom stereocenters. The van der Waals surface area contributed by atoms with E-state index >= 15 is 0 Å². The number of aliphatic hydroxyl groups is 1. The van der Waals surface area contributed by atoms with Gasteiger partial charge in [-0.3, -0.25) is 0 Å². The van der Waals surface area contributed by atoms with Crippen LogP contribution in [0.1, 0.15) is 24.5 Å². The van der Waals surface area contributed by atoms with Gasteiger partial charge in [-0.2, -0.15) is 0 Å². The molecule has 92 valence electrons. The topological polar surface area (TPSA) is 20.2 Å². The van der Waals surface area contributed by atoms with Crippen molar-refractivity contribution in [3.8, 4) is 0 Å². The fourth-order valence-electron chi connectivity index (χ4n) is 2.09. The Kier molecular flexibility index (Phi) is 3.63. The van der Waals surface area contributed by atoms with Gasteiger partial charge in [0.2, 0.25) is 0 Å². The predicted molar refractivity (Wildman–Crippen MR) is 76.1 cm³/mol. The van der Waals surface area contributed by atoms with E-state index in [1.54, 1.807) is 0 Å². The van der Waals surface area contributed by atoms with Crippen molar-refractivity contribution >= 4 is 5.57 Å². The van der Waals surface area contributed by atoms with Crippen LogP contribution >= 0.6 is 0 Å². The molecule has 0 aliphatic rings. The van der Waals surface area contributed by atoms with Crippen molar-refractivity contribution in [2.24, 2.45) is 0 Å². The molecule has 1 heteroatoms. The third-order valence-corrected chi connectivity index (χ3v) is 3.14.